The molecule has 7 N–H and O–H groups in total. The van der Waals surface area contributed by atoms with Gasteiger partial charge in [-0.25, -0.2) is 13.9 Å². The fraction of sp³-hybridized carbons (Fsp3) is 0.519. The standard InChI is InChI=1S/C54H81N3O16P2/c1-3-5-7-9-11-12-13-14-15-16-17-18-19-20-21-22-26-31-35-39-50(60)71-46(42-68-49(59)38-34-30-27-23-25-29-33-37-45(58)36-32-28-24-10-8-6-4-2)43-69-74(64,65)73-75(66,67)70-44-47-51(61)52(62)53(72-47)57-41-40-48(55)56-54(57)63/h5,7,11-12,14-15,17-18,20-21,23-24,26-29,31-33,36,40-41,45-47,51-53,58,61-62H,3-4,6,8-10,13,16,19,22,25,30,34-35,37-39,42-44H2,1-2H3,(H,64,65)(H,66,67)(H2,55,56,63)/b7-5-,12-11-,15-14-,18-17-,21-20-,27-23+,28-24-,31-26-,33-29-,36-32-/t45-,46-,47-,51-,52-,53-/m1/s1. The summed E-state index contributed by atoms with van der Waals surface area (Å²) < 4.78 is 56.6. The molecule has 1 aliphatic heterocycles. The molecule has 2 heterocycles. The van der Waals surface area contributed by atoms with Crippen LogP contribution in [0, 0.1) is 0 Å². The number of ether oxygens (including phenoxy) is 3. The molecule has 1 aliphatic rings. The van der Waals surface area contributed by atoms with Crippen molar-refractivity contribution < 1.29 is 71.4 Å². The number of phosphoric acid groups is 2. The Labute approximate surface area is 442 Å². The zero-order valence-electron chi connectivity index (χ0n) is 43.4. The fourth-order valence-electron chi connectivity index (χ4n) is 6.65. The molecular formula is C54H81N3O16P2. The van der Waals surface area contributed by atoms with Crippen molar-refractivity contribution in [3.8, 4) is 0 Å². The molecule has 2 unspecified atom stereocenters. The van der Waals surface area contributed by atoms with Crippen LogP contribution >= 0.6 is 15.6 Å². The maximum atomic E-state index is 12.9. The minimum absolute atomic E-state index is 0.00656. The van der Waals surface area contributed by atoms with E-state index in [1.807, 2.05) is 54.7 Å². The first-order valence-electron chi connectivity index (χ1n) is 25.7. The van der Waals surface area contributed by atoms with Gasteiger partial charge in [0, 0.05) is 19.0 Å². The summed E-state index contributed by atoms with van der Waals surface area (Å²) in [5.74, 6) is -1.53. The van der Waals surface area contributed by atoms with Crippen LogP contribution in [0.4, 0.5) is 5.82 Å². The summed E-state index contributed by atoms with van der Waals surface area (Å²) in [7, 11) is -10.9. The molecule has 75 heavy (non-hydrogen) atoms. The van der Waals surface area contributed by atoms with E-state index in [0.717, 1.165) is 55.7 Å². The van der Waals surface area contributed by atoms with Crippen LogP contribution in [0.2, 0.25) is 0 Å². The Bertz CT molecular complexity index is 2250. The number of aromatic nitrogens is 2. The Morgan fingerprint density at radius 3 is 1.91 bits per heavy atom. The third-order valence-electron chi connectivity index (χ3n) is 10.6. The molecule has 418 valence electrons. The second kappa shape index (κ2) is 40.4. The largest absolute Gasteiger partial charge is 0.481 e. The highest BCUT2D eigenvalue weighted by Gasteiger charge is 2.46. The fourth-order valence-corrected chi connectivity index (χ4v) is 8.76. The predicted molar refractivity (Wildman–Crippen MR) is 290 cm³/mol. The highest BCUT2D eigenvalue weighted by atomic mass is 31.3. The number of esters is 2. The van der Waals surface area contributed by atoms with Crippen molar-refractivity contribution in [3.63, 3.8) is 0 Å². The van der Waals surface area contributed by atoms with E-state index >= 15 is 0 Å². The number of anilines is 1. The summed E-state index contributed by atoms with van der Waals surface area (Å²) in [6.45, 7) is 1.79. The van der Waals surface area contributed by atoms with E-state index in [4.69, 9.17) is 29.0 Å². The lowest BCUT2D eigenvalue weighted by atomic mass is 10.1. The smallest absolute Gasteiger partial charge is 0.462 e. The quantitative estimate of drug-likeness (QED) is 0.0117. The second-order valence-electron chi connectivity index (χ2n) is 17.1. The number of nitrogens with two attached hydrogens (primary N) is 1. The number of hydrogen-bond donors (Lipinski definition) is 6. The Morgan fingerprint density at radius 2 is 1.29 bits per heavy atom. The molecule has 0 aromatic carbocycles. The number of allylic oxidation sites excluding steroid dienone is 18. The van der Waals surface area contributed by atoms with Crippen LogP contribution in [0.3, 0.4) is 0 Å². The van der Waals surface area contributed by atoms with Gasteiger partial charge in [0.1, 0.15) is 30.7 Å². The zero-order chi connectivity index (χ0) is 55.0. The molecule has 8 atom stereocenters. The van der Waals surface area contributed by atoms with Crippen molar-refractivity contribution in [1.29, 1.82) is 0 Å². The number of aliphatic hydroxyl groups excluding tert-OH is 3. The number of hydrogen-bond acceptors (Lipinski definition) is 16. The lowest BCUT2D eigenvalue weighted by molar-refractivity contribution is -0.161. The summed E-state index contributed by atoms with van der Waals surface area (Å²) in [6.07, 6.45) is 44.6. The van der Waals surface area contributed by atoms with E-state index < -0.39 is 89.8 Å². The van der Waals surface area contributed by atoms with Crippen LogP contribution in [0.1, 0.15) is 129 Å². The van der Waals surface area contributed by atoms with Gasteiger partial charge in [0.15, 0.2) is 12.3 Å². The van der Waals surface area contributed by atoms with Gasteiger partial charge in [-0.1, -0.05) is 148 Å². The van der Waals surface area contributed by atoms with Crippen LogP contribution in [0.5, 0.6) is 0 Å². The lowest BCUT2D eigenvalue weighted by Gasteiger charge is -2.21. The van der Waals surface area contributed by atoms with Gasteiger partial charge in [0.25, 0.3) is 0 Å². The van der Waals surface area contributed by atoms with Gasteiger partial charge >= 0.3 is 33.3 Å². The van der Waals surface area contributed by atoms with Crippen molar-refractivity contribution >= 4 is 33.4 Å². The Hall–Kier alpha value is -4.88. The molecule has 0 bridgehead atoms. The number of carbonyl (C=O) groups excluding carboxylic acids is 2. The number of phosphoric ester groups is 2. The Kier molecular flexibility index (Phi) is 35.7. The van der Waals surface area contributed by atoms with Crippen LogP contribution < -0.4 is 11.4 Å². The topological polar surface area (TPSA) is 286 Å². The molecule has 0 saturated carbocycles. The SMILES string of the molecule is CC/C=C\C/C=C\C/C=C\C/C=C\C/C=C\C/C=C\CCC(=O)O[C@H](COC(=O)CCC/C=C/C/C=C\C[C@H](O)/C=C\C=C/CCCCC)COP(=O)(O)OP(=O)(O)OC[C@H]1O[C@@H](n2ccc(N)nc2=O)[C@H](O)[C@@H]1O. The third kappa shape index (κ3) is 33.0. The Morgan fingerprint density at radius 1 is 0.720 bits per heavy atom. The molecule has 0 aliphatic carbocycles. The monoisotopic (exact) mass is 1090 g/mol. The van der Waals surface area contributed by atoms with Crippen LogP contribution in [0.15, 0.2) is 139 Å². The first-order valence-corrected chi connectivity index (χ1v) is 28.6. The van der Waals surface area contributed by atoms with Gasteiger partial charge in [-0.3, -0.25) is 23.2 Å². The van der Waals surface area contributed by atoms with Crippen molar-refractivity contribution in [2.45, 2.75) is 160 Å². The van der Waals surface area contributed by atoms with Crippen LogP contribution in [-0.4, -0.2) is 96.9 Å². The summed E-state index contributed by atoms with van der Waals surface area (Å²) in [5, 5.41) is 31.0. The van der Waals surface area contributed by atoms with E-state index in [0.29, 0.717) is 32.1 Å². The van der Waals surface area contributed by atoms with Gasteiger partial charge < -0.3 is 45.1 Å². The second-order valence-corrected chi connectivity index (χ2v) is 20.2. The highest BCUT2D eigenvalue weighted by molar-refractivity contribution is 7.61. The van der Waals surface area contributed by atoms with Gasteiger partial charge in [-0.2, -0.15) is 9.29 Å². The number of nitrogens with zero attached hydrogens (tertiary/aromatic N) is 2. The molecule has 2 rings (SSSR count). The maximum Gasteiger partial charge on any atom is 0.481 e. The van der Waals surface area contributed by atoms with E-state index in [1.165, 1.54) is 18.9 Å². The van der Waals surface area contributed by atoms with E-state index in [-0.39, 0.29) is 25.1 Å². The van der Waals surface area contributed by atoms with Crippen molar-refractivity contribution in [2.75, 3.05) is 25.6 Å². The van der Waals surface area contributed by atoms with Crippen LogP contribution in [-0.2, 0) is 46.3 Å². The minimum atomic E-state index is -5.47. The van der Waals surface area contributed by atoms with Crippen LogP contribution in [0.25, 0.3) is 0 Å². The number of unbranched alkanes of at least 4 members (excludes halogenated alkanes) is 4. The zero-order valence-corrected chi connectivity index (χ0v) is 45.2. The molecule has 1 aromatic rings. The molecule has 0 spiro atoms. The first kappa shape index (κ1) is 66.2. The maximum absolute atomic E-state index is 12.9. The first-order chi connectivity index (χ1) is 36.1. The van der Waals surface area contributed by atoms with Gasteiger partial charge in [-0.15, -0.1) is 0 Å². The van der Waals surface area contributed by atoms with Gasteiger partial charge in [0.05, 0.1) is 19.3 Å². The molecule has 0 radical (unpaired) electrons. The van der Waals surface area contributed by atoms with Crippen molar-refractivity contribution in [2.24, 2.45) is 0 Å². The Balaban J connectivity index is 1.88. The third-order valence-corrected chi connectivity index (χ3v) is 13.2. The van der Waals surface area contributed by atoms with E-state index in [2.05, 4.69) is 77.8 Å². The molecule has 19 nitrogen and oxygen atoms in total. The number of rotatable bonds is 40. The molecule has 21 heteroatoms. The summed E-state index contributed by atoms with van der Waals surface area (Å²) in [4.78, 5) is 61.9. The van der Waals surface area contributed by atoms with Gasteiger partial charge in [-0.05, 0) is 89.5 Å². The lowest BCUT2D eigenvalue weighted by Crippen LogP contribution is -2.36. The minimum Gasteiger partial charge on any atom is -0.462 e. The number of carbonyl (C=O) groups is 2. The highest BCUT2D eigenvalue weighted by Crippen LogP contribution is 2.60. The van der Waals surface area contributed by atoms with E-state index in [1.54, 1.807) is 12.2 Å². The van der Waals surface area contributed by atoms with E-state index in [9.17, 15) is 48.6 Å². The summed E-state index contributed by atoms with van der Waals surface area (Å²) in [5.41, 5.74) is 4.57. The predicted octanol–water partition coefficient (Wildman–Crippen LogP) is 9.74. The van der Waals surface area contributed by atoms with Gasteiger partial charge in [0.2, 0.25) is 0 Å². The molecule has 0 amide bonds. The summed E-state index contributed by atoms with van der Waals surface area (Å²) >= 11 is 0. The molecule has 1 saturated heterocycles. The number of nitrogen functional groups attached to an aromatic ring is 1. The molecule has 1 fully saturated rings. The summed E-state index contributed by atoms with van der Waals surface area (Å²) in [6, 6.07) is 1.23. The molecule has 1 aromatic heterocycles. The average Bonchev–Trinajstić information content (AvgIpc) is 3.64. The number of aliphatic hydroxyl groups is 3. The van der Waals surface area contributed by atoms with Crippen molar-refractivity contribution in [1.82, 2.24) is 9.55 Å². The average molecular weight is 1090 g/mol. The van der Waals surface area contributed by atoms with Crippen molar-refractivity contribution in [3.05, 3.63) is 144 Å². The molecular weight excluding hydrogens is 1010 g/mol. The normalized spacial score (nSPS) is 20.2.